The van der Waals surface area contributed by atoms with Crippen molar-refractivity contribution in [2.45, 2.75) is 46.8 Å². The minimum Gasteiger partial charge on any atom is -0.393 e. The topological polar surface area (TPSA) is 119 Å². The normalized spacial score (nSPS) is 11.9. The van der Waals surface area contributed by atoms with Crippen LogP contribution in [0.4, 0.5) is 4.39 Å². The van der Waals surface area contributed by atoms with Gasteiger partial charge >= 0.3 is 0 Å². The SMILES string of the molecule is C.CCNC(=O)C(O)CC.CCNC(=O)C(O)CO.[2H]CF. The molecule has 0 aliphatic heterocycles. The van der Waals surface area contributed by atoms with E-state index in [0.717, 1.165) is 0 Å². The third-order valence-corrected chi connectivity index (χ3v) is 1.87. The summed E-state index contributed by atoms with van der Waals surface area (Å²) in [6, 6.07) is 0. The molecule has 0 heterocycles. The molecule has 0 saturated carbocycles. The van der Waals surface area contributed by atoms with Gasteiger partial charge in [-0.1, -0.05) is 14.4 Å². The Balaban J connectivity index is -0.000000120. The molecule has 0 aliphatic rings. The molecule has 0 radical (unpaired) electrons. The maximum Gasteiger partial charge on any atom is 0.251 e. The highest BCUT2D eigenvalue weighted by molar-refractivity contribution is 5.80. The summed E-state index contributed by atoms with van der Waals surface area (Å²) in [7, 11) is -1.00. The zero-order valence-corrected chi connectivity index (χ0v) is 12.2. The largest absolute Gasteiger partial charge is 0.393 e. The number of likely N-dealkylation sites (N-methyl/N-ethyl adjacent to an activating group) is 2. The average molecular weight is 315 g/mol. The van der Waals surface area contributed by atoms with Crippen molar-refractivity contribution in [1.29, 1.82) is 0 Å². The van der Waals surface area contributed by atoms with Crippen LogP contribution in [0.15, 0.2) is 0 Å². The van der Waals surface area contributed by atoms with E-state index in [1.54, 1.807) is 13.8 Å². The number of carbonyl (C=O) groups excluding carboxylic acids is 2. The second kappa shape index (κ2) is 21.1. The molecule has 0 bridgehead atoms. The van der Waals surface area contributed by atoms with Gasteiger partial charge in [0.15, 0.2) is 6.10 Å². The van der Waals surface area contributed by atoms with Gasteiger partial charge in [-0.15, -0.1) is 0 Å². The molecule has 0 spiro atoms. The quantitative estimate of drug-likeness (QED) is 0.456. The summed E-state index contributed by atoms with van der Waals surface area (Å²) in [5.74, 6) is -0.806. The van der Waals surface area contributed by atoms with Crippen LogP contribution in [0, 0.1) is 0 Å². The van der Waals surface area contributed by atoms with Gasteiger partial charge in [0.05, 0.1) is 15.1 Å². The maximum absolute atomic E-state index is 10.6. The Bertz CT molecular complexity index is 237. The summed E-state index contributed by atoms with van der Waals surface area (Å²) in [4.78, 5) is 21.1. The van der Waals surface area contributed by atoms with Crippen molar-refractivity contribution in [2.75, 3.05) is 26.8 Å². The summed E-state index contributed by atoms with van der Waals surface area (Å²) in [5, 5.41) is 30.5. The van der Waals surface area contributed by atoms with Crippen LogP contribution in [0.25, 0.3) is 0 Å². The molecule has 21 heavy (non-hydrogen) atoms. The van der Waals surface area contributed by atoms with Crippen molar-refractivity contribution < 1.29 is 30.7 Å². The van der Waals surface area contributed by atoms with E-state index in [0.29, 0.717) is 19.5 Å². The number of hydrogen-bond acceptors (Lipinski definition) is 5. The van der Waals surface area contributed by atoms with Crippen LogP contribution in [-0.2, 0) is 9.59 Å². The Kier molecular flexibility index (Phi) is 24.8. The highest BCUT2D eigenvalue weighted by Gasteiger charge is 2.10. The molecule has 8 heteroatoms. The van der Waals surface area contributed by atoms with Crippen molar-refractivity contribution in [1.82, 2.24) is 10.6 Å². The highest BCUT2D eigenvalue weighted by atomic mass is 19.1. The fourth-order valence-corrected chi connectivity index (χ4v) is 0.852. The van der Waals surface area contributed by atoms with Gasteiger partial charge in [0.25, 0.3) is 5.91 Å². The van der Waals surface area contributed by atoms with Crippen molar-refractivity contribution >= 4 is 11.8 Å². The number of aliphatic hydroxyl groups is 3. The van der Waals surface area contributed by atoms with Crippen LogP contribution < -0.4 is 10.6 Å². The summed E-state index contributed by atoms with van der Waals surface area (Å²) in [6.45, 7) is 5.85. The van der Waals surface area contributed by atoms with Gasteiger partial charge in [-0.2, -0.15) is 0 Å². The van der Waals surface area contributed by atoms with Crippen molar-refractivity contribution in [2.24, 2.45) is 0 Å². The van der Waals surface area contributed by atoms with E-state index in [4.69, 9.17) is 16.7 Å². The third-order valence-electron chi connectivity index (χ3n) is 1.87. The number of alkyl halides is 1. The fraction of sp³-hybridized carbons (Fsp3) is 0.846. The lowest BCUT2D eigenvalue weighted by molar-refractivity contribution is -0.131. The molecule has 0 fully saturated rings. The molecule has 0 aliphatic carbocycles. The van der Waals surface area contributed by atoms with E-state index in [9.17, 15) is 14.0 Å². The predicted octanol–water partition coefficient (Wildman–Crippen LogP) is -0.409. The van der Waals surface area contributed by atoms with Gasteiger partial charge in [-0.05, 0) is 20.3 Å². The molecule has 2 atom stereocenters. The summed E-state index contributed by atoms with van der Waals surface area (Å²) >= 11 is 0. The molecule has 0 aromatic carbocycles. The second-order valence-electron chi connectivity index (χ2n) is 3.41. The lowest BCUT2D eigenvalue weighted by Gasteiger charge is -2.05. The molecule has 7 nitrogen and oxygen atoms in total. The van der Waals surface area contributed by atoms with Crippen LogP contribution in [0.1, 0.15) is 36.0 Å². The first-order chi connectivity index (χ1) is 9.85. The van der Waals surface area contributed by atoms with Gasteiger partial charge in [0.1, 0.15) is 6.10 Å². The number of carbonyl (C=O) groups is 2. The van der Waals surface area contributed by atoms with Crippen molar-refractivity contribution in [3.8, 4) is 0 Å². The van der Waals surface area contributed by atoms with Gasteiger partial charge < -0.3 is 26.0 Å². The summed E-state index contributed by atoms with van der Waals surface area (Å²) in [6.07, 6.45) is -1.62. The van der Waals surface area contributed by atoms with E-state index in [-0.39, 0.29) is 13.3 Å². The number of aliphatic hydroxyl groups excluding tert-OH is 3. The molecule has 5 N–H and O–H groups in total. The zero-order valence-electron chi connectivity index (χ0n) is 13.2. The first-order valence-corrected chi connectivity index (χ1v) is 6.23. The van der Waals surface area contributed by atoms with E-state index in [2.05, 4.69) is 10.6 Å². The average Bonchev–Trinajstić information content (AvgIpc) is 2.47. The smallest absolute Gasteiger partial charge is 0.251 e. The van der Waals surface area contributed by atoms with Crippen LogP contribution in [0.3, 0.4) is 0 Å². The van der Waals surface area contributed by atoms with Crippen LogP contribution in [-0.4, -0.2) is 66.2 Å². The minimum absolute atomic E-state index is 0. The zero-order chi connectivity index (χ0) is 17.3. The second-order valence-corrected chi connectivity index (χ2v) is 3.41. The Morgan fingerprint density at radius 3 is 1.67 bits per heavy atom. The Morgan fingerprint density at radius 1 is 1.10 bits per heavy atom. The Hall–Kier alpha value is -1.25. The van der Waals surface area contributed by atoms with Gasteiger partial charge in [-0.3, -0.25) is 14.0 Å². The molecular weight excluding hydrogens is 283 g/mol. The number of rotatable bonds is 6. The van der Waals surface area contributed by atoms with Gasteiger partial charge in [0, 0.05) is 13.1 Å². The number of hydrogen-bond donors (Lipinski definition) is 5. The number of amides is 2. The summed E-state index contributed by atoms with van der Waals surface area (Å²) < 4.78 is 15.5. The predicted molar refractivity (Wildman–Crippen MR) is 80.5 cm³/mol. The molecule has 0 rings (SSSR count). The molecule has 2 unspecified atom stereocenters. The standard InChI is InChI=1S/C6H13NO2.C5H11NO3.CH3F.CH4/c1-3-5(8)6(9)7-4-2;1-2-6-5(9)4(8)3-7;1-2;/h5,8H,3-4H2,1-2H3,(H,7,9);4,7-8H,2-3H2,1H3,(H,6,9);1H3;1H4/i;;1D;. The Labute approximate surface area is 128 Å². The Morgan fingerprint density at radius 2 is 1.43 bits per heavy atom. The maximum atomic E-state index is 10.6. The van der Waals surface area contributed by atoms with Crippen LogP contribution in [0.2, 0.25) is 0 Å². The van der Waals surface area contributed by atoms with E-state index in [1.165, 1.54) is 0 Å². The highest BCUT2D eigenvalue weighted by Crippen LogP contribution is 1.87. The molecule has 0 aromatic heterocycles. The lowest BCUT2D eigenvalue weighted by atomic mass is 10.3. The van der Waals surface area contributed by atoms with E-state index >= 15 is 0 Å². The molecule has 2 amide bonds. The first-order valence-electron chi connectivity index (χ1n) is 6.94. The van der Waals surface area contributed by atoms with E-state index in [1.807, 2.05) is 6.92 Å². The van der Waals surface area contributed by atoms with Gasteiger partial charge in [0.2, 0.25) is 5.91 Å². The molecule has 0 aromatic rings. The third kappa shape index (κ3) is 18.8. The van der Waals surface area contributed by atoms with Crippen molar-refractivity contribution in [3.63, 3.8) is 0 Å². The molecular formula is C13H31FN2O5. The molecule has 130 valence electrons. The number of halogens is 1. The summed E-state index contributed by atoms with van der Waals surface area (Å²) in [5.41, 5.74) is 0. The monoisotopic (exact) mass is 315 g/mol. The van der Waals surface area contributed by atoms with Crippen LogP contribution in [0.5, 0.6) is 0 Å². The first kappa shape index (κ1) is 24.7. The molecule has 0 saturated heterocycles. The lowest BCUT2D eigenvalue weighted by Crippen LogP contribution is -2.36. The van der Waals surface area contributed by atoms with Crippen molar-refractivity contribution in [3.05, 3.63) is 0 Å². The minimum atomic E-state index is -1.27. The van der Waals surface area contributed by atoms with Crippen LogP contribution >= 0.6 is 0 Å². The van der Waals surface area contributed by atoms with E-state index < -0.39 is 31.9 Å². The van der Waals surface area contributed by atoms with Gasteiger partial charge in [-0.25, -0.2) is 0 Å². The number of nitrogens with one attached hydrogen (secondary N) is 2. The fourth-order valence-electron chi connectivity index (χ4n) is 0.852.